The van der Waals surface area contributed by atoms with Crippen LogP contribution in [0.4, 0.5) is 20.2 Å². The Labute approximate surface area is 195 Å². The lowest BCUT2D eigenvalue weighted by atomic mass is 10.1. The van der Waals surface area contributed by atoms with Crippen molar-refractivity contribution in [1.29, 1.82) is 0 Å². The Bertz CT molecular complexity index is 1340. The van der Waals surface area contributed by atoms with Gasteiger partial charge in [0.2, 0.25) is 0 Å². The van der Waals surface area contributed by atoms with Crippen LogP contribution >= 0.6 is 0 Å². The zero-order chi connectivity index (χ0) is 24.9. The third-order valence-corrected chi connectivity index (χ3v) is 6.29. The van der Waals surface area contributed by atoms with Gasteiger partial charge in [-0.1, -0.05) is 37.3 Å². The van der Waals surface area contributed by atoms with Crippen LogP contribution < -0.4 is 10.0 Å². The maximum absolute atomic E-state index is 14.0. The van der Waals surface area contributed by atoms with Crippen LogP contribution in [0.5, 0.6) is 0 Å². The number of rotatable bonds is 8. The van der Waals surface area contributed by atoms with E-state index >= 15 is 0 Å². The van der Waals surface area contributed by atoms with E-state index < -0.39 is 45.0 Å². The number of esters is 1. The largest absolute Gasteiger partial charge is 0.452 e. The first-order chi connectivity index (χ1) is 16.1. The van der Waals surface area contributed by atoms with Crippen LogP contribution in [0.3, 0.4) is 0 Å². The fraction of sp³-hybridized carbons (Fsp3) is 0.167. The molecule has 0 saturated heterocycles. The molecule has 0 aliphatic carbocycles. The van der Waals surface area contributed by atoms with E-state index in [1.807, 2.05) is 32.0 Å². The van der Waals surface area contributed by atoms with Gasteiger partial charge in [-0.3, -0.25) is 9.52 Å². The smallest absolute Gasteiger partial charge is 0.340 e. The number of aryl methyl sites for hydroxylation is 2. The summed E-state index contributed by atoms with van der Waals surface area (Å²) < 4.78 is 59.7. The standard InChI is InChI=1S/C24H22F2N2O5S/c1-3-16-8-6-7-15(2)23(16)27-22(29)14-33-24(30)18-9-4-5-10-20(18)28-34(31,32)21-13-17(25)11-12-19(21)26/h4-13,28H,3,14H2,1-2H3,(H,27,29). The summed E-state index contributed by atoms with van der Waals surface area (Å²) in [7, 11) is -4.56. The van der Waals surface area contributed by atoms with Crippen molar-refractivity contribution in [2.45, 2.75) is 25.2 Å². The highest BCUT2D eigenvalue weighted by Gasteiger charge is 2.23. The van der Waals surface area contributed by atoms with E-state index in [0.29, 0.717) is 24.2 Å². The molecule has 0 fully saturated rings. The summed E-state index contributed by atoms with van der Waals surface area (Å²) in [5.41, 5.74) is 1.98. The maximum Gasteiger partial charge on any atom is 0.340 e. The Balaban J connectivity index is 1.74. The minimum Gasteiger partial charge on any atom is -0.452 e. The molecular formula is C24H22F2N2O5S. The Morgan fingerprint density at radius 3 is 2.47 bits per heavy atom. The average molecular weight is 489 g/mol. The third-order valence-electron chi connectivity index (χ3n) is 4.91. The van der Waals surface area contributed by atoms with Crippen LogP contribution in [0.2, 0.25) is 0 Å². The van der Waals surface area contributed by atoms with Gasteiger partial charge in [-0.05, 0) is 54.8 Å². The normalized spacial score (nSPS) is 11.1. The van der Waals surface area contributed by atoms with Gasteiger partial charge in [0.1, 0.15) is 16.5 Å². The van der Waals surface area contributed by atoms with Crippen molar-refractivity contribution in [2.24, 2.45) is 0 Å². The Kier molecular flexibility index (Phi) is 7.62. The third kappa shape index (κ3) is 5.76. The van der Waals surface area contributed by atoms with Gasteiger partial charge in [0.05, 0.1) is 11.3 Å². The number of para-hydroxylation sites is 2. The summed E-state index contributed by atoms with van der Waals surface area (Å²) in [6.07, 6.45) is 0.691. The highest BCUT2D eigenvalue weighted by molar-refractivity contribution is 7.92. The zero-order valence-electron chi connectivity index (χ0n) is 18.4. The van der Waals surface area contributed by atoms with Crippen LogP contribution in [0.1, 0.15) is 28.4 Å². The second kappa shape index (κ2) is 10.4. The lowest BCUT2D eigenvalue weighted by Gasteiger charge is -2.14. The van der Waals surface area contributed by atoms with Gasteiger partial charge in [-0.25, -0.2) is 22.0 Å². The molecule has 0 aliphatic heterocycles. The van der Waals surface area contributed by atoms with Gasteiger partial charge in [-0.2, -0.15) is 0 Å². The topological polar surface area (TPSA) is 102 Å². The van der Waals surface area contributed by atoms with E-state index in [0.717, 1.165) is 17.2 Å². The summed E-state index contributed by atoms with van der Waals surface area (Å²) >= 11 is 0. The maximum atomic E-state index is 14.0. The molecule has 10 heteroatoms. The van der Waals surface area contributed by atoms with Crippen molar-refractivity contribution in [3.63, 3.8) is 0 Å². The first kappa shape index (κ1) is 24.8. The fourth-order valence-corrected chi connectivity index (χ4v) is 4.39. The second-order valence-corrected chi connectivity index (χ2v) is 8.96. The lowest BCUT2D eigenvalue weighted by molar-refractivity contribution is -0.119. The first-order valence-electron chi connectivity index (χ1n) is 10.2. The predicted molar refractivity (Wildman–Crippen MR) is 123 cm³/mol. The second-order valence-electron chi connectivity index (χ2n) is 7.31. The first-order valence-corrected chi connectivity index (χ1v) is 11.7. The van der Waals surface area contributed by atoms with E-state index in [-0.39, 0.29) is 11.3 Å². The number of carbonyl (C=O) groups excluding carboxylic acids is 2. The molecule has 34 heavy (non-hydrogen) atoms. The molecule has 2 N–H and O–H groups in total. The molecule has 3 rings (SSSR count). The molecule has 0 atom stereocenters. The minimum absolute atomic E-state index is 0.208. The summed E-state index contributed by atoms with van der Waals surface area (Å²) in [6, 6.07) is 13.0. The molecule has 3 aromatic rings. The highest BCUT2D eigenvalue weighted by atomic mass is 32.2. The number of nitrogens with one attached hydrogen (secondary N) is 2. The Hall–Kier alpha value is -3.79. The van der Waals surface area contributed by atoms with Crippen LogP contribution in [0.25, 0.3) is 0 Å². The number of sulfonamides is 1. The molecule has 7 nitrogen and oxygen atoms in total. The molecule has 0 bridgehead atoms. The van der Waals surface area contributed by atoms with E-state index in [1.165, 1.54) is 24.3 Å². The molecule has 0 radical (unpaired) electrons. The van der Waals surface area contributed by atoms with E-state index in [4.69, 9.17) is 4.74 Å². The number of halogens is 2. The number of ether oxygens (including phenoxy) is 1. The number of hydrogen-bond acceptors (Lipinski definition) is 5. The van der Waals surface area contributed by atoms with Crippen molar-refractivity contribution in [3.8, 4) is 0 Å². The number of carbonyl (C=O) groups is 2. The van der Waals surface area contributed by atoms with Gasteiger partial charge in [0, 0.05) is 5.69 Å². The number of anilines is 2. The van der Waals surface area contributed by atoms with Crippen molar-refractivity contribution in [3.05, 3.63) is 89.0 Å². The van der Waals surface area contributed by atoms with E-state index in [9.17, 15) is 26.8 Å². The molecular weight excluding hydrogens is 466 g/mol. The summed E-state index contributed by atoms with van der Waals surface area (Å²) in [4.78, 5) is 24.0. The van der Waals surface area contributed by atoms with Crippen LogP contribution in [0.15, 0.2) is 65.6 Å². The molecule has 0 aliphatic rings. The number of amides is 1. The van der Waals surface area contributed by atoms with Crippen molar-refractivity contribution in [2.75, 3.05) is 16.6 Å². The van der Waals surface area contributed by atoms with Crippen LogP contribution in [-0.4, -0.2) is 26.9 Å². The van der Waals surface area contributed by atoms with Crippen molar-refractivity contribution in [1.82, 2.24) is 0 Å². The highest BCUT2D eigenvalue weighted by Crippen LogP contribution is 2.24. The molecule has 0 aromatic heterocycles. The van der Waals surface area contributed by atoms with Crippen molar-refractivity contribution < 1.29 is 31.5 Å². The van der Waals surface area contributed by atoms with Gasteiger partial charge in [0.15, 0.2) is 6.61 Å². The van der Waals surface area contributed by atoms with Crippen molar-refractivity contribution >= 4 is 33.3 Å². The van der Waals surface area contributed by atoms with E-state index in [2.05, 4.69) is 10.0 Å². The molecule has 178 valence electrons. The predicted octanol–water partition coefficient (Wildman–Crippen LogP) is 4.43. The van der Waals surface area contributed by atoms with Crippen LogP contribution in [0, 0.1) is 18.6 Å². The van der Waals surface area contributed by atoms with Gasteiger partial charge in [0.25, 0.3) is 15.9 Å². The molecule has 0 saturated carbocycles. The Morgan fingerprint density at radius 1 is 1.00 bits per heavy atom. The van der Waals surface area contributed by atoms with Gasteiger partial charge < -0.3 is 10.1 Å². The minimum atomic E-state index is -4.56. The molecule has 3 aromatic carbocycles. The summed E-state index contributed by atoms with van der Waals surface area (Å²) in [5.74, 6) is -3.65. The quantitative estimate of drug-likeness (QED) is 0.457. The fourth-order valence-electron chi connectivity index (χ4n) is 3.22. The van der Waals surface area contributed by atoms with Gasteiger partial charge >= 0.3 is 5.97 Å². The summed E-state index contributed by atoms with van der Waals surface area (Å²) in [5, 5.41) is 2.72. The molecule has 1 amide bonds. The Morgan fingerprint density at radius 2 is 1.74 bits per heavy atom. The summed E-state index contributed by atoms with van der Waals surface area (Å²) in [6.45, 7) is 3.17. The number of benzene rings is 3. The lowest BCUT2D eigenvalue weighted by Crippen LogP contribution is -2.23. The average Bonchev–Trinajstić information content (AvgIpc) is 2.80. The van der Waals surface area contributed by atoms with E-state index in [1.54, 1.807) is 0 Å². The van der Waals surface area contributed by atoms with Crippen LogP contribution in [-0.2, 0) is 26.0 Å². The monoisotopic (exact) mass is 488 g/mol. The zero-order valence-corrected chi connectivity index (χ0v) is 19.2. The number of hydrogen-bond donors (Lipinski definition) is 2. The molecule has 0 spiro atoms. The van der Waals surface area contributed by atoms with Gasteiger partial charge in [-0.15, -0.1) is 0 Å². The molecule has 0 heterocycles. The SMILES string of the molecule is CCc1cccc(C)c1NC(=O)COC(=O)c1ccccc1NS(=O)(=O)c1cc(F)ccc1F. The molecule has 0 unspecified atom stereocenters.